The molecule has 0 saturated heterocycles. The molecular weight excluding hydrogens is 344 g/mol. The predicted molar refractivity (Wildman–Crippen MR) is 102 cm³/mol. The number of nitrogens with zero attached hydrogens (tertiary/aromatic N) is 1. The first-order chi connectivity index (χ1) is 13.1. The second-order valence-electron chi connectivity index (χ2n) is 6.17. The Morgan fingerprint density at radius 3 is 2.19 bits per heavy atom. The highest BCUT2D eigenvalue weighted by molar-refractivity contribution is 5.94. The van der Waals surface area contributed by atoms with Crippen LogP contribution in [-0.2, 0) is 16.0 Å². The van der Waals surface area contributed by atoms with Gasteiger partial charge in [-0.3, -0.25) is 14.4 Å². The van der Waals surface area contributed by atoms with Crippen LogP contribution in [0.2, 0.25) is 0 Å². The quantitative estimate of drug-likeness (QED) is 0.630. The van der Waals surface area contributed by atoms with Gasteiger partial charge < -0.3 is 15.3 Å². The number of amides is 2. The van der Waals surface area contributed by atoms with Crippen molar-refractivity contribution < 1.29 is 19.5 Å². The third kappa shape index (κ3) is 7.32. The predicted octanol–water partition coefficient (Wildman–Crippen LogP) is 2.35. The van der Waals surface area contributed by atoms with Gasteiger partial charge in [0, 0.05) is 25.1 Å². The second kappa shape index (κ2) is 10.8. The van der Waals surface area contributed by atoms with Crippen LogP contribution >= 0.6 is 0 Å². The SMILES string of the molecule is O=C(O)CN(CCc1ccccc1)C(=O)CCCNC(=O)c1ccccc1. The largest absolute Gasteiger partial charge is 0.480 e. The van der Waals surface area contributed by atoms with Crippen LogP contribution in [0.1, 0.15) is 28.8 Å². The van der Waals surface area contributed by atoms with E-state index in [1.807, 2.05) is 36.4 Å². The van der Waals surface area contributed by atoms with Crippen LogP contribution in [0.4, 0.5) is 0 Å². The fourth-order valence-electron chi connectivity index (χ4n) is 2.66. The molecule has 0 spiro atoms. The maximum absolute atomic E-state index is 12.4. The smallest absolute Gasteiger partial charge is 0.323 e. The van der Waals surface area contributed by atoms with E-state index in [1.165, 1.54) is 4.90 Å². The highest BCUT2D eigenvalue weighted by Gasteiger charge is 2.16. The van der Waals surface area contributed by atoms with Gasteiger partial charge in [0.2, 0.25) is 5.91 Å². The molecule has 0 aliphatic heterocycles. The summed E-state index contributed by atoms with van der Waals surface area (Å²) >= 11 is 0. The van der Waals surface area contributed by atoms with Crippen LogP contribution in [0.15, 0.2) is 60.7 Å². The molecule has 2 aromatic carbocycles. The van der Waals surface area contributed by atoms with E-state index in [-0.39, 0.29) is 24.8 Å². The van der Waals surface area contributed by atoms with Crippen molar-refractivity contribution >= 4 is 17.8 Å². The molecule has 0 aromatic heterocycles. The summed E-state index contributed by atoms with van der Waals surface area (Å²) in [7, 11) is 0. The Morgan fingerprint density at radius 2 is 1.56 bits per heavy atom. The number of carboxylic acid groups (broad SMARTS) is 1. The Kier molecular flexibility index (Phi) is 8.03. The minimum atomic E-state index is -1.03. The van der Waals surface area contributed by atoms with Crippen LogP contribution in [0.3, 0.4) is 0 Å². The van der Waals surface area contributed by atoms with E-state index in [2.05, 4.69) is 5.32 Å². The van der Waals surface area contributed by atoms with Crippen molar-refractivity contribution in [1.29, 1.82) is 0 Å². The lowest BCUT2D eigenvalue weighted by Gasteiger charge is -2.21. The highest BCUT2D eigenvalue weighted by Crippen LogP contribution is 2.05. The number of carbonyl (C=O) groups excluding carboxylic acids is 2. The standard InChI is InChI=1S/C21H24N2O4/c24-19(12-7-14-22-21(27)18-10-5-2-6-11-18)23(16-20(25)26)15-13-17-8-3-1-4-9-17/h1-6,8-11H,7,12-16H2,(H,22,27)(H,25,26). The van der Waals surface area contributed by atoms with Gasteiger partial charge >= 0.3 is 5.97 Å². The van der Waals surface area contributed by atoms with Crippen molar-refractivity contribution in [3.05, 3.63) is 71.8 Å². The van der Waals surface area contributed by atoms with E-state index in [0.29, 0.717) is 31.5 Å². The highest BCUT2D eigenvalue weighted by atomic mass is 16.4. The lowest BCUT2D eigenvalue weighted by molar-refractivity contribution is -0.144. The topological polar surface area (TPSA) is 86.7 Å². The van der Waals surface area contributed by atoms with Gasteiger partial charge in [0.05, 0.1) is 0 Å². The van der Waals surface area contributed by atoms with E-state index in [4.69, 9.17) is 5.11 Å². The number of carbonyl (C=O) groups is 3. The Bertz CT molecular complexity index is 747. The Morgan fingerprint density at radius 1 is 0.926 bits per heavy atom. The zero-order chi connectivity index (χ0) is 19.5. The van der Waals surface area contributed by atoms with Gasteiger partial charge in [0.25, 0.3) is 5.91 Å². The summed E-state index contributed by atoms with van der Waals surface area (Å²) in [5.41, 5.74) is 1.62. The zero-order valence-electron chi connectivity index (χ0n) is 15.1. The van der Waals surface area contributed by atoms with Crippen LogP contribution in [0.5, 0.6) is 0 Å². The average molecular weight is 368 g/mol. The van der Waals surface area contributed by atoms with Gasteiger partial charge in [-0.05, 0) is 30.5 Å². The molecule has 0 heterocycles. The summed E-state index contributed by atoms with van der Waals surface area (Å²) < 4.78 is 0. The maximum Gasteiger partial charge on any atom is 0.323 e. The summed E-state index contributed by atoms with van der Waals surface area (Å²) in [4.78, 5) is 36.7. The van der Waals surface area contributed by atoms with E-state index in [0.717, 1.165) is 5.56 Å². The molecule has 6 heteroatoms. The first kappa shape index (κ1) is 20.2. The maximum atomic E-state index is 12.4. The van der Waals surface area contributed by atoms with Gasteiger partial charge in [0.1, 0.15) is 6.54 Å². The van der Waals surface area contributed by atoms with Gasteiger partial charge in [-0.2, -0.15) is 0 Å². The lowest BCUT2D eigenvalue weighted by atomic mass is 10.1. The van der Waals surface area contributed by atoms with Crippen LogP contribution < -0.4 is 5.32 Å². The number of benzene rings is 2. The van der Waals surface area contributed by atoms with E-state index in [9.17, 15) is 14.4 Å². The molecule has 0 bridgehead atoms. The number of nitrogens with one attached hydrogen (secondary N) is 1. The second-order valence-corrected chi connectivity index (χ2v) is 6.17. The molecule has 27 heavy (non-hydrogen) atoms. The molecule has 0 radical (unpaired) electrons. The molecule has 2 amide bonds. The summed E-state index contributed by atoms with van der Waals surface area (Å²) in [5, 5.41) is 11.8. The summed E-state index contributed by atoms with van der Waals surface area (Å²) in [6, 6.07) is 18.5. The number of aliphatic carboxylic acids is 1. The van der Waals surface area contributed by atoms with Crippen molar-refractivity contribution in [3.8, 4) is 0 Å². The minimum Gasteiger partial charge on any atom is -0.480 e. The zero-order valence-corrected chi connectivity index (χ0v) is 15.1. The molecule has 0 saturated carbocycles. The van der Waals surface area contributed by atoms with E-state index >= 15 is 0 Å². The van der Waals surface area contributed by atoms with Crippen LogP contribution in [-0.4, -0.2) is 47.4 Å². The van der Waals surface area contributed by atoms with Crippen molar-refractivity contribution in [3.63, 3.8) is 0 Å². The average Bonchev–Trinajstić information content (AvgIpc) is 2.69. The number of hydrogen-bond donors (Lipinski definition) is 2. The summed E-state index contributed by atoms with van der Waals surface area (Å²) in [6.07, 6.45) is 1.25. The fraction of sp³-hybridized carbons (Fsp3) is 0.286. The third-order valence-corrected chi connectivity index (χ3v) is 4.08. The van der Waals surface area contributed by atoms with Crippen LogP contribution in [0.25, 0.3) is 0 Å². The first-order valence-electron chi connectivity index (χ1n) is 8.93. The molecule has 0 fully saturated rings. The molecule has 0 atom stereocenters. The summed E-state index contributed by atoms with van der Waals surface area (Å²) in [6.45, 7) is 0.395. The van der Waals surface area contributed by atoms with Crippen LogP contribution in [0, 0.1) is 0 Å². The summed E-state index contributed by atoms with van der Waals surface area (Å²) in [5.74, 6) is -1.44. The molecule has 142 valence electrons. The monoisotopic (exact) mass is 368 g/mol. The van der Waals surface area contributed by atoms with Crippen molar-refractivity contribution in [2.24, 2.45) is 0 Å². The number of rotatable bonds is 10. The van der Waals surface area contributed by atoms with Gasteiger partial charge in [0.15, 0.2) is 0 Å². The first-order valence-corrected chi connectivity index (χ1v) is 8.93. The molecule has 2 N–H and O–H groups in total. The molecule has 2 aromatic rings. The van der Waals surface area contributed by atoms with E-state index in [1.54, 1.807) is 24.3 Å². The Hall–Kier alpha value is -3.15. The van der Waals surface area contributed by atoms with Gasteiger partial charge in [-0.25, -0.2) is 0 Å². The van der Waals surface area contributed by atoms with E-state index < -0.39 is 5.97 Å². The lowest BCUT2D eigenvalue weighted by Crippen LogP contribution is -2.37. The molecule has 0 unspecified atom stereocenters. The fourth-order valence-corrected chi connectivity index (χ4v) is 2.66. The van der Waals surface area contributed by atoms with Gasteiger partial charge in [-0.1, -0.05) is 48.5 Å². The van der Waals surface area contributed by atoms with Crippen molar-refractivity contribution in [2.75, 3.05) is 19.6 Å². The Balaban J connectivity index is 1.77. The molecule has 0 aliphatic carbocycles. The molecule has 6 nitrogen and oxygen atoms in total. The third-order valence-electron chi connectivity index (χ3n) is 4.08. The van der Waals surface area contributed by atoms with Crippen molar-refractivity contribution in [2.45, 2.75) is 19.3 Å². The van der Waals surface area contributed by atoms with Crippen molar-refractivity contribution in [1.82, 2.24) is 10.2 Å². The normalized spacial score (nSPS) is 10.2. The molecule has 0 aliphatic rings. The Labute approximate surface area is 158 Å². The minimum absolute atomic E-state index is 0.186. The number of hydrogen-bond acceptors (Lipinski definition) is 3. The molecular formula is C21H24N2O4. The van der Waals surface area contributed by atoms with Gasteiger partial charge in [-0.15, -0.1) is 0 Å². The molecule has 2 rings (SSSR count). The number of carboxylic acids is 1.